The van der Waals surface area contributed by atoms with E-state index in [1.165, 1.54) is 26.0 Å². The number of pyridine rings is 1. The first-order valence-corrected chi connectivity index (χ1v) is 11.2. The maximum absolute atomic E-state index is 14.2. The van der Waals surface area contributed by atoms with Crippen molar-refractivity contribution in [1.29, 1.82) is 0 Å². The van der Waals surface area contributed by atoms with Gasteiger partial charge in [-0.3, -0.25) is 4.98 Å². The van der Waals surface area contributed by atoms with E-state index in [9.17, 15) is 22.7 Å². The molecule has 3 aromatic rings. The van der Waals surface area contributed by atoms with Crippen LogP contribution in [0.1, 0.15) is 37.1 Å². The van der Waals surface area contributed by atoms with Gasteiger partial charge >= 0.3 is 6.18 Å². The molecule has 2 N–H and O–H groups in total. The molecule has 1 aliphatic heterocycles. The van der Waals surface area contributed by atoms with Crippen LogP contribution in [-0.2, 0) is 11.8 Å². The van der Waals surface area contributed by atoms with Crippen molar-refractivity contribution in [2.45, 2.75) is 50.8 Å². The second-order valence-electron chi connectivity index (χ2n) is 9.43. The lowest BCUT2D eigenvalue weighted by atomic mass is 9.74. The summed E-state index contributed by atoms with van der Waals surface area (Å²) in [6.45, 7) is 4.36. The van der Waals surface area contributed by atoms with Crippen LogP contribution < -0.4 is 10.1 Å². The number of nitrogens with one attached hydrogen (secondary N) is 1. The van der Waals surface area contributed by atoms with Crippen LogP contribution in [-0.4, -0.2) is 35.0 Å². The summed E-state index contributed by atoms with van der Waals surface area (Å²) >= 11 is 6.29. The third-order valence-electron chi connectivity index (χ3n) is 6.26. The van der Waals surface area contributed by atoms with Crippen LogP contribution in [0.3, 0.4) is 0 Å². The van der Waals surface area contributed by atoms with Crippen LogP contribution in [0.15, 0.2) is 36.4 Å². The van der Waals surface area contributed by atoms with Gasteiger partial charge in [-0.2, -0.15) is 13.2 Å². The first-order valence-electron chi connectivity index (χ1n) is 10.9. The van der Waals surface area contributed by atoms with Gasteiger partial charge in [-0.15, -0.1) is 0 Å². The predicted octanol–water partition coefficient (Wildman–Crippen LogP) is 6.34. The Bertz CT molecular complexity index is 1250. The van der Waals surface area contributed by atoms with Gasteiger partial charge in [-0.25, -0.2) is 4.39 Å². The van der Waals surface area contributed by atoms with Crippen LogP contribution >= 0.6 is 11.6 Å². The number of nitrogens with zero attached hydrogens (tertiary/aromatic N) is 1. The van der Waals surface area contributed by atoms with Crippen molar-refractivity contribution in [1.82, 2.24) is 4.98 Å². The highest BCUT2D eigenvalue weighted by atomic mass is 35.5. The zero-order valence-corrected chi connectivity index (χ0v) is 19.7. The van der Waals surface area contributed by atoms with Crippen LogP contribution in [0, 0.1) is 12.7 Å². The molecule has 2 aromatic carbocycles. The van der Waals surface area contributed by atoms with Gasteiger partial charge in [0.15, 0.2) is 5.60 Å². The number of alkyl halides is 3. The number of hydrogen-bond acceptors (Lipinski definition) is 4. The van der Waals surface area contributed by atoms with Gasteiger partial charge in [0, 0.05) is 28.6 Å². The Labute approximate surface area is 199 Å². The molecule has 0 saturated heterocycles. The topological polar surface area (TPSA) is 54.4 Å². The maximum atomic E-state index is 14.2. The fraction of sp³-hybridized carbons (Fsp3) is 0.400. The number of hydrogen-bond donors (Lipinski definition) is 2. The van der Waals surface area contributed by atoms with E-state index in [2.05, 4.69) is 10.3 Å². The predicted molar refractivity (Wildman–Crippen MR) is 124 cm³/mol. The quantitative estimate of drug-likeness (QED) is 0.391. The molecule has 0 aliphatic carbocycles. The van der Waals surface area contributed by atoms with E-state index >= 15 is 0 Å². The molecule has 9 heteroatoms. The van der Waals surface area contributed by atoms with Crippen molar-refractivity contribution >= 4 is 28.2 Å². The van der Waals surface area contributed by atoms with Gasteiger partial charge in [0.1, 0.15) is 11.6 Å². The molecular formula is C25H25ClF4N2O2. The molecule has 0 spiro atoms. The number of fused-ring (bicyclic) bond motifs is 2. The molecule has 4 rings (SSSR count). The number of halogens is 5. The molecule has 1 aromatic heterocycles. The zero-order valence-electron chi connectivity index (χ0n) is 19.0. The van der Waals surface area contributed by atoms with Gasteiger partial charge in [0.05, 0.1) is 29.4 Å². The number of ether oxygens (including phenoxy) is 1. The number of aliphatic hydroxyl groups is 1. The monoisotopic (exact) mass is 496 g/mol. The Kier molecular flexibility index (Phi) is 6.19. The second kappa shape index (κ2) is 8.57. The maximum Gasteiger partial charge on any atom is 0.418 e. The number of benzene rings is 2. The molecule has 1 unspecified atom stereocenters. The molecule has 34 heavy (non-hydrogen) atoms. The summed E-state index contributed by atoms with van der Waals surface area (Å²) in [5.41, 5.74) is -1.93. The first kappa shape index (κ1) is 24.5. The van der Waals surface area contributed by atoms with E-state index in [-0.39, 0.29) is 10.7 Å². The smallest absolute Gasteiger partial charge is 0.418 e. The number of aryl methyl sites for hydroxylation is 1. The summed E-state index contributed by atoms with van der Waals surface area (Å²) in [5, 5.41) is 14.4. The lowest BCUT2D eigenvalue weighted by molar-refractivity contribution is -0.260. The van der Waals surface area contributed by atoms with Crippen molar-refractivity contribution < 1.29 is 27.4 Å². The summed E-state index contributed by atoms with van der Waals surface area (Å²) in [4.78, 5) is 4.38. The molecule has 1 atom stereocenters. The van der Waals surface area contributed by atoms with E-state index in [1.54, 1.807) is 31.2 Å². The summed E-state index contributed by atoms with van der Waals surface area (Å²) < 4.78 is 62.5. The van der Waals surface area contributed by atoms with Crippen molar-refractivity contribution in [3.63, 3.8) is 0 Å². The van der Waals surface area contributed by atoms with Crippen molar-refractivity contribution in [2.75, 3.05) is 18.5 Å². The van der Waals surface area contributed by atoms with Gasteiger partial charge < -0.3 is 15.2 Å². The highest BCUT2D eigenvalue weighted by Crippen LogP contribution is 2.46. The van der Waals surface area contributed by atoms with E-state index < -0.39 is 36.0 Å². The normalized spacial score (nSPS) is 15.7. The Hall–Kier alpha value is -2.58. The molecule has 0 saturated carbocycles. The number of rotatable bonds is 6. The SMILES string of the molecule is Cc1ccc2c(NCC(O)(CC(C)(C)c3cc(F)cc4c3OCC4)C(F)(F)F)c(Cl)ccc2n1. The van der Waals surface area contributed by atoms with Crippen LogP contribution in [0.2, 0.25) is 5.02 Å². The summed E-state index contributed by atoms with van der Waals surface area (Å²) in [7, 11) is 0. The largest absolute Gasteiger partial charge is 0.493 e. The van der Waals surface area contributed by atoms with Crippen molar-refractivity contribution in [3.8, 4) is 5.75 Å². The minimum atomic E-state index is -4.97. The minimum Gasteiger partial charge on any atom is -0.493 e. The van der Waals surface area contributed by atoms with Gasteiger partial charge in [-0.05, 0) is 55.2 Å². The Morgan fingerprint density at radius 1 is 1.15 bits per heavy atom. The fourth-order valence-corrected chi connectivity index (χ4v) is 4.79. The van der Waals surface area contributed by atoms with Gasteiger partial charge in [0.2, 0.25) is 0 Å². The Morgan fingerprint density at radius 2 is 1.88 bits per heavy atom. The summed E-state index contributed by atoms with van der Waals surface area (Å²) in [6, 6.07) is 9.19. The van der Waals surface area contributed by atoms with E-state index in [0.29, 0.717) is 40.8 Å². The third-order valence-corrected chi connectivity index (χ3v) is 6.57. The molecule has 0 bridgehead atoms. The number of anilines is 1. The molecule has 2 heterocycles. The van der Waals surface area contributed by atoms with Gasteiger partial charge in [0.25, 0.3) is 0 Å². The molecule has 0 fully saturated rings. The zero-order chi connectivity index (χ0) is 24.9. The Morgan fingerprint density at radius 3 is 2.59 bits per heavy atom. The molecular weight excluding hydrogens is 472 g/mol. The average molecular weight is 497 g/mol. The standard InChI is InChI=1S/C25H25ClF4N2O2/c1-14-4-5-17-20(32-14)7-6-19(26)21(17)31-13-24(33,25(28,29)30)12-23(2,3)18-11-16(27)10-15-8-9-34-22(15)18/h4-7,10-11,31,33H,8-9,12-13H2,1-3H3. The molecule has 1 aliphatic rings. The fourth-order valence-electron chi connectivity index (χ4n) is 4.55. The molecule has 4 nitrogen and oxygen atoms in total. The molecule has 0 amide bonds. The van der Waals surface area contributed by atoms with E-state index in [0.717, 1.165) is 5.69 Å². The first-order chi connectivity index (χ1) is 15.8. The van der Waals surface area contributed by atoms with E-state index in [1.807, 2.05) is 0 Å². The summed E-state index contributed by atoms with van der Waals surface area (Å²) in [6.07, 6.45) is -5.22. The van der Waals surface area contributed by atoms with E-state index in [4.69, 9.17) is 16.3 Å². The second-order valence-corrected chi connectivity index (χ2v) is 9.83. The van der Waals surface area contributed by atoms with Crippen LogP contribution in [0.4, 0.5) is 23.2 Å². The Balaban J connectivity index is 1.68. The highest BCUT2D eigenvalue weighted by molar-refractivity contribution is 6.34. The van der Waals surface area contributed by atoms with Crippen LogP contribution in [0.5, 0.6) is 5.75 Å². The highest BCUT2D eigenvalue weighted by Gasteiger charge is 2.56. The number of aromatic nitrogens is 1. The lowest BCUT2D eigenvalue weighted by Crippen LogP contribution is -2.53. The summed E-state index contributed by atoms with van der Waals surface area (Å²) in [5.74, 6) is -0.159. The van der Waals surface area contributed by atoms with Crippen molar-refractivity contribution in [3.05, 3.63) is 64.1 Å². The average Bonchev–Trinajstić information content (AvgIpc) is 3.19. The van der Waals surface area contributed by atoms with Gasteiger partial charge in [-0.1, -0.05) is 25.4 Å². The molecule has 0 radical (unpaired) electrons. The minimum absolute atomic E-state index is 0.207. The molecule has 182 valence electrons. The lowest BCUT2D eigenvalue weighted by Gasteiger charge is -2.38. The van der Waals surface area contributed by atoms with Crippen LogP contribution in [0.25, 0.3) is 10.9 Å². The van der Waals surface area contributed by atoms with Crippen molar-refractivity contribution in [2.24, 2.45) is 0 Å². The third kappa shape index (κ3) is 4.53.